The Hall–Kier alpha value is -2.68. The monoisotopic (exact) mass is 271 g/mol. The SMILES string of the molecule is N#Cc1cccc(NC(=O)CCN2C(=O)CCC2=O)c1. The first-order chi connectivity index (χ1) is 9.60. The summed E-state index contributed by atoms with van der Waals surface area (Å²) in [5, 5.41) is 11.4. The van der Waals surface area contributed by atoms with Crippen molar-refractivity contribution in [1.82, 2.24) is 4.90 Å². The number of likely N-dealkylation sites (tertiary alicyclic amines) is 1. The maximum atomic E-state index is 11.7. The van der Waals surface area contributed by atoms with Gasteiger partial charge in [-0.3, -0.25) is 19.3 Å². The number of rotatable bonds is 4. The standard InChI is InChI=1S/C14H13N3O3/c15-9-10-2-1-3-11(8-10)16-12(18)6-7-17-13(19)4-5-14(17)20/h1-3,8H,4-7H2,(H,16,18). The van der Waals surface area contributed by atoms with E-state index in [1.165, 1.54) is 0 Å². The molecule has 2 rings (SSSR count). The van der Waals surface area contributed by atoms with Crippen LogP contribution >= 0.6 is 0 Å². The van der Waals surface area contributed by atoms with Crippen LogP contribution in [0.1, 0.15) is 24.8 Å². The fraction of sp³-hybridized carbons (Fsp3) is 0.286. The Kier molecular flexibility index (Phi) is 4.11. The number of imide groups is 1. The van der Waals surface area contributed by atoms with E-state index in [-0.39, 0.29) is 43.5 Å². The fourth-order valence-electron chi connectivity index (χ4n) is 1.98. The third-order valence-electron chi connectivity index (χ3n) is 2.99. The van der Waals surface area contributed by atoms with Crippen LogP contribution in [-0.4, -0.2) is 29.2 Å². The van der Waals surface area contributed by atoms with Gasteiger partial charge in [-0.25, -0.2) is 0 Å². The largest absolute Gasteiger partial charge is 0.326 e. The molecule has 6 heteroatoms. The molecule has 0 spiro atoms. The van der Waals surface area contributed by atoms with Gasteiger partial charge < -0.3 is 5.32 Å². The lowest BCUT2D eigenvalue weighted by molar-refractivity contribution is -0.138. The Morgan fingerprint density at radius 2 is 2.00 bits per heavy atom. The molecule has 1 saturated heterocycles. The van der Waals surface area contributed by atoms with Crippen molar-refractivity contribution >= 4 is 23.4 Å². The smallest absolute Gasteiger partial charge is 0.229 e. The van der Waals surface area contributed by atoms with Crippen molar-refractivity contribution < 1.29 is 14.4 Å². The molecule has 1 aromatic rings. The van der Waals surface area contributed by atoms with Gasteiger partial charge in [0.05, 0.1) is 11.6 Å². The number of nitrogens with zero attached hydrogens (tertiary/aromatic N) is 2. The number of carbonyl (C=O) groups is 3. The van der Waals surface area contributed by atoms with Crippen LogP contribution in [0, 0.1) is 11.3 Å². The molecule has 0 aliphatic carbocycles. The third-order valence-corrected chi connectivity index (χ3v) is 2.99. The lowest BCUT2D eigenvalue weighted by Crippen LogP contribution is -2.32. The average Bonchev–Trinajstić information content (AvgIpc) is 2.76. The molecule has 1 N–H and O–H groups in total. The van der Waals surface area contributed by atoms with Crippen LogP contribution in [0.15, 0.2) is 24.3 Å². The van der Waals surface area contributed by atoms with Crippen molar-refractivity contribution in [1.29, 1.82) is 5.26 Å². The van der Waals surface area contributed by atoms with Gasteiger partial charge in [0, 0.05) is 31.5 Å². The van der Waals surface area contributed by atoms with E-state index in [9.17, 15) is 14.4 Å². The zero-order valence-corrected chi connectivity index (χ0v) is 10.8. The predicted octanol–water partition coefficient (Wildman–Crippen LogP) is 1.04. The number of anilines is 1. The molecule has 1 aliphatic heterocycles. The molecule has 0 atom stereocenters. The van der Waals surface area contributed by atoms with Crippen LogP contribution < -0.4 is 5.32 Å². The lowest BCUT2D eigenvalue weighted by Gasteiger charge is -2.13. The predicted molar refractivity (Wildman–Crippen MR) is 70.4 cm³/mol. The molecular formula is C14H13N3O3. The van der Waals surface area contributed by atoms with E-state index in [4.69, 9.17) is 5.26 Å². The van der Waals surface area contributed by atoms with E-state index in [2.05, 4.69) is 5.32 Å². The van der Waals surface area contributed by atoms with Crippen LogP contribution in [0.3, 0.4) is 0 Å². The van der Waals surface area contributed by atoms with Crippen molar-refractivity contribution in [3.63, 3.8) is 0 Å². The molecule has 0 saturated carbocycles. The minimum Gasteiger partial charge on any atom is -0.326 e. The number of hydrogen-bond acceptors (Lipinski definition) is 4. The van der Waals surface area contributed by atoms with Crippen molar-refractivity contribution in [2.75, 3.05) is 11.9 Å². The van der Waals surface area contributed by atoms with E-state index in [0.717, 1.165) is 4.90 Å². The molecule has 102 valence electrons. The quantitative estimate of drug-likeness (QED) is 0.828. The van der Waals surface area contributed by atoms with Gasteiger partial charge in [-0.05, 0) is 18.2 Å². The molecule has 1 fully saturated rings. The second-order valence-electron chi connectivity index (χ2n) is 4.43. The highest BCUT2D eigenvalue weighted by atomic mass is 16.2. The van der Waals surface area contributed by atoms with Crippen LogP contribution in [0.25, 0.3) is 0 Å². The molecular weight excluding hydrogens is 258 g/mol. The summed E-state index contributed by atoms with van der Waals surface area (Å²) < 4.78 is 0. The van der Waals surface area contributed by atoms with Gasteiger partial charge in [-0.2, -0.15) is 5.26 Å². The Labute approximate surface area is 116 Å². The average molecular weight is 271 g/mol. The number of nitriles is 1. The normalized spacial score (nSPS) is 14.2. The number of amides is 3. The van der Waals surface area contributed by atoms with Gasteiger partial charge in [-0.15, -0.1) is 0 Å². The van der Waals surface area contributed by atoms with E-state index in [0.29, 0.717) is 11.3 Å². The first-order valence-corrected chi connectivity index (χ1v) is 6.23. The fourth-order valence-corrected chi connectivity index (χ4v) is 1.98. The summed E-state index contributed by atoms with van der Waals surface area (Å²) >= 11 is 0. The minimum absolute atomic E-state index is 0.0499. The molecule has 1 heterocycles. The zero-order valence-electron chi connectivity index (χ0n) is 10.8. The minimum atomic E-state index is -0.299. The van der Waals surface area contributed by atoms with Crippen LogP contribution in [0.5, 0.6) is 0 Å². The molecule has 3 amide bonds. The molecule has 0 radical (unpaired) electrons. The Balaban J connectivity index is 1.88. The molecule has 0 aromatic heterocycles. The van der Waals surface area contributed by atoms with Gasteiger partial charge >= 0.3 is 0 Å². The van der Waals surface area contributed by atoms with E-state index in [1.54, 1.807) is 24.3 Å². The molecule has 0 unspecified atom stereocenters. The third kappa shape index (κ3) is 3.20. The first kappa shape index (κ1) is 13.7. The summed E-state index contributed by atoms with van der Waals surface area (Å²) in [5.74, 6) is -0.754. The van der Waals surface area contributed by atoms with E-state index < -0.39 is 0 Å². The topological polar surface area (TPSA) is 90.3 Å². The highest BCUT2D eigenvalue weighted by Gasteiger charge is 2.28. The summed E-state index contributed by atoms with van der Waals surface area (Å²) in [6.07, 6.45) is 0.504. The molecule has 20 heavy (non-hydrogen) atoms. The number of hydrogen-bond donors (Lipinski definition) is 1. The summed E-state index contributed by atoms with van der Waals surface area (Å²) in [5.41, 5.74) is 0.973. The highest BCUT2D eigenvalue weighted by Crippen LogP contribution is 2.13. The summed E-state index contributed by atoms with van der Waals surface area (Å²) in [4.78, 5) is 35.6. The second kappa shape index (κ2) is 5.97. The highest BCUT2D eigenvalue weighted by molar-refractivity contribution is 6.02. The number of benzene rings is 1. The maximum Gasteiger partial charge on any atom is 0.229 e. The van der Waals surface area contributed by atoms with Crippen LogP contribution in [-0.2, 0) is 14.4 Å². The van der Waals surface area contributed by atoms with Gasteiger partial charge in [0.25, 0.3) is 0 Å². The van der Waals surface area contributed by atoms with Crippen molar-refractivity contribution in [2.24, 2.45) is 0 Å². The van der Waals surface area contributed by atoms with Crippen LogP contribution in [0.4, 0.5) is 5.69 Å². The van der Waals surface area contributed by atoms with Crippen molar-refractivity contribution in [3.05, 3.63) is 29.8 Å². The Morgan fingerprint density at radius 1 is 1.30 bits per heavy atom. The van der Waals surface area contributed by atoms with Gasteiger partial charge in [-0.1, -0.05) is 6.07 Å². The maximum absolute atomic E-state index is 11.7. The number of carbonyl (C=O) groups excluding carboxylic acids is 3. The van der Waals surface area contributed by atoms with E-state index >= 15 is 0 Å². The first-order valence-electron chi connectivity index (χ1n) is 6.23. The van der Waals surface area contributed by atoms with Gasteiger partial charge in [0.1, 0.15) is 0 Å². The van der Waals surface area contributed by atoms with E-state index in [1.807, 2.05) is 6.07 Å². The van der Waals surface area contributed by atoms with Crippen molar-refractivity contribution in [3.8, 4) is 6.07 Å². The second-order valence-corrected chi connectivity index (χ2v) is 4.43. The molecule has 0 bridgehead atoms. The van der Waals surface area contributed by atoms with Gasteiger partial charge in [0.2, 0.25) is 17.7 Å². The summed E-state index contributed by atoms with van der Waals surface area (Å²) in [6.45, 7) is 0.0987. The zero-order chi connectivity index (χ0) is 14.5. The number of nitrogens with one attached hydrogen (secondary N) is 1. The molecule has 1 aliphatic rings. The lowest BCUT2D eigenvalue weighted by atomic mass is 10.2. The summed E-state index contributed by atoms with van der Waals surface area (Å²) in [6, 6.07) is 8.52. The molecule has 1 aromatic carbocycles. The van der Waals surface area contributed by atoms with Crippen LogP contribution in [0.2, 0.25) is 0 Å². The molecule has 6 nitrogen and oxygen atoms in total. The Bertz CT molecular complexity index is 588. The summed E-state index contributed by atoms with van der Waals surface area (Å²) in [7, 11) is 0. The van der Waals surface area contributed by atoms with Gasteiger partial charge in [0.15, 0.2) is 0 Å². The Morgan fingerprint density at radius 3 is 2.65 bits per heavy atom. The van der Waals surface area contributed by atoms with Crippen molar-refractivity contribution in [2.45, 2.75) is 19.3 Å².